The maximum absolute atomic E-state index is 11.9. The molecule has 0 saturated carbocycles. The molecule has 1 rings (SSSR count). The second-order valence-corrected chi connectivity index (χ2v) is 6.67. The van der Waals surface area contributed by atoms with Gasteiger partial charge in [-0.15, -0.1) is 0 Å². The lowest BCUT2D eigenvalue weighted by Gasteiger charge is -2.19. The minimum atomic E-state index is -3.42. The summed E-state index contributed by atoms with van der Waals surface area (Å²) in [4.78, 5) is 11.9. The van der Waals surface area contributed by atoms with Gasteiger partial charge >= 0.3 is 0 Å². The normalized spacial score (nSPS) is 11.1. The fourth-order valence-electron chi connectivity index (χ4n) is 1.72. The third-order valence-corrected chi connectivity index (χ3v) is 4.08. The molecule has 0 heterocycles. The van der Waals surface area contributed by atoms with Gasteiger partial charge in [0.1, 0.15) is 0 Å². The number of nitriles is 1. The number of nitrogens with zero attached hydrogens (tertiary/aromatic N) is 2. The van der Waals surface area contributed by atoms with Crippen LogP contribution in [0.3, 0.4) is 0 Å². The average Bonchev–Trinajstić information content (AvgIpc) is 2.42. The molecule has 0 aliphatic carbocycles. The van der Waals surface area contributed by atoms with Crippen molar-refractivity contribution >= 4 is 21.6 Å². The van der Waals surface area contributed by atoms with E-state index in [0.29, 0.717) is 24.2 Å². The lowest BCUT2D eigenvalue weighted by atomic mass is 10.2. The number of amides is 1. The van der Waals surface area contributed by atoms with Crippen molar-refractivity contribution in [2.24, 2.45) is 0 Å². The molecule has 6 nitrogen and oxygen atoms in total. The summed E-state index contributed by atoms with van der Waals surface area (Å²) in [5.41, 5.74) is 0.904. The van der Waals surface area contributed by atoms with Crippen LogP contribution in [0.25, 0.3) is 0 Å². The number of carbonyl (C=O) groups excluding carboxylic acids is 1. The lowest BCUT2D eigenvalue weighted by molar-refractivity contribution is -0.116. The van der Waals surface area contributed by atoms with Gasteiger partial charge in [0.05, 0.1) is 24.4 Å². The van der Waals surface area contributed by atoms with Crippen molar-refractivity contribution in [2.45, 2.75) is 19.8 Å². The zero-order valence-corrected chi connectivity index (χ0v) is 13.0. The molecule has 0 unspecified atom stereocenters. The van der Waals surface area contributed by atoms with Crippen LogP contribution in [0, 0.1) is 11.3 Å². The first-order chi connectivity index (χ1) is 9.86. The van der Waals surface area contributed by atoms with E-state index < -0.39 is 15.9 Å². The zero-order chi connectivity index (χ0) is 15.9. The predicted octanol–water partition coefficient (Wildman–Crippen LogP) is 1.56. The monoisotopic (exact) mass is 309 g/mol. The third kappa shape index (κ3) is 5.94. The molecule has 0 aliphatic rings. The molecule has 7 heteroatoms. The number of sulfonamides is 1. The fraction of sp³-hybridized carbons (Fsp3) is 0.429. The van der Waals surface area contributed by atoms with Gasteiger partial charge in [0, 0.05) is 12.2 Å². The SMILES string of the molecule is CCCCN(CC(=O)Nc1cccc(C#N)c1)S(C)(=O)=O. The highest BCUT2D eigenvalue weighted by atomic mass is 32.2. The van der Waals surface area contributed by atoms with E-state index in [9.17, 15) is 13.2 Å². The minimum absolute atomic E-state index is 0.227. The topological polar surface area (TPSA) is 90.3 Å². The van der Waals surface area contributed by atoms with E-state index in [-0.39, 0.29) is 6.54 Å². The molecular weight excluding hydrogens is 290 g/mol. The van der Waals surface area contributed by atoms with Gasteiger partial charge in [-0.3, -0.25) is 4.79 Å². The van der Waals surface area contributed by atoms with Crippen LogP contribution < -0.4 is 5.32 Å². The van der Waals surface area contributed by atoms with Crippen molar-refractivity contribution in [1.82, 2.24) is 4.31 Å². The Labute approximate surface area is 125 Å². The quantitative estimate of drug-likeness (QED) is 0.827. The van der Waals surface area contributed by atoms with Gasteiger partial charge in [0.2, 0.25) is 15.9 Å². The highest BCUT2D eigenvalue weighted by Gasteiger charge is 2.19. The number of rotatable bonds is 7. The number of nitrogens with one attached hydrogen (secondary N) is 1. The summed E-state index contributed by atoms with van der Waals surface area (Å²) in [7, 11) is -3.42. The molecule has 1 N–H and O–H groups in total. The highest BCUT2D eigenvalue weighted by Crippen LogP contribution is 2.10. The van der Waals surface area contributed by atoms with E-state index in [1.807, 2.05) is 13.0 Å². The van der Waals surface area contributed by atoms with Crippen LogP contribution in [0.5, 0.6) is 0 Å². The lowest BCUT2D eigenvalue weighted by Crippen LogP contribution is -2.38. The van der Waals surface area contributed by atoms with Crippen LogP contribution in [0.1, 0.15) is 25.3 Å². The van der Waals surface area contributed by atoms with Gasteiger partial charge in [-0.05, 0) is 24.6 Å². The summed E-state index contributed by atoms with van der Waals surface area (Å²) in [6.07, 6.45) is 2.63. The minimum Gasteiger partial charge on any atom is -0.325 e. The molecule has 0 aliphatic heterocycles. The van der Waals surface area contributed by atoms with Gasteiger partial charge in [0.15, 0.2) is 0 Å². The van der Waals surface area contributed by atoms with Gasteiger partial charge in [0.25, 0.3) is 0 Å². The summed E-state index contributed by atoms with van der Waals surface area (Å²) < 4.78 is 24.4. The van der Waals surface area contributed by atoms with Crippen molar-refractivity contribution in [3.63, 3.8) is 0 Å². The van der Waals surface area contributed by atoms with E-state index in [2.05, 4.69) is 5.32 Å². The summed E-state index contributed by atoms with van der Waals surface area (Å²) in [6.45, 7) is 2.05. The van der Waals surface area contributed by atoms with Crippen molar-refractivity contribution in [1.29, 1.82) is 5.26 Å². The molecule has 1 amide bonds. The Hall–Kier alpha value is -1.91. The van der Waals surface area contributed by atoms with Crippen molar-refractivity contribution in [2.75, 3.05) is 24.7 Å². The molecule has 0 aromatic heterocycles. The van der Waals surface area contributed by atoms with Gasteiger partial charge < -0.3 is 5.32 Å². The molecule has 0 bridgehead atoms. The number of anilines is 1. The number of carbonyl (C=O) groups is 1. The summed E-state index contributed by atoms with van der Waals surface area (Å²) >= 11 is 0. The second-order valence-electron chi connectivity index (χ2n) is 4.69. The van der Waals surface area contributed by atoms with Crippen LogP contribution in [0.15, 0.2) is 24.3 Å². The predicted molar refractivity (Wildman–Crippen MR) is 81.1 cm³/mol. The first-order valence-corrected chi connectivity index (χ1v) is 8.46. The zero-order valence-electron chi connectivity index (χ0n) is 12.2. The maximum Gasteiger partial charge on any atom is 0.239 e. The largest absolute Gasteiger partial charge is 0.325 e. The molecule has 114 valence electrons. The summed E-state index contributed by atoms with van der Waals surface area (Å²) in [5.74, 6) is -0.424. The van der Waals surface area contributed by atoms with Crippen LogP contribution in [-0.4, -0.2) is 38.0 Å². The fourth-order valence-corrected chi connectivity index (χ4v) is 2.54. The maximum atomic E-state index is 11.9. The Balaban J connectivity index is 2.71. The smallest absolute Gasteiger partial charge is 0.239 e. The Kier molecular flexibility index (Phi) is 6.34. The first-order valence-electron chi connectivity index (χ1n) is 6.62. The van der Waals surface area contributed by atoms with Gasteiger partial charge in [-0.25, -0.2) is 8.42 Å². The van der Waals surface area contributed by atoms with Crippen LogP contribution in [0.4, 0.5) is 5.69 Å². The highest BCUT2D eigenvalue weighted by molar-refractivity contribution is 7.88. The molecule has 0 radical (unpaired) electrons. The van der Waals surface area contributed by atoms with Crippen LogP contribution >= 0.6 is 0 Å². The van der Waals surface area contributed by atoms with Crippen LogP contribution in [-0.2, 0) is 14.8 Å². The van der Waals surface area contributed by atoms with E-state index in [0.717, 1.165) is 17.0 Å². The Morgan fingerprint density at radius 3 is 2.71 bits per heavy atom. The molecule has 0 saturated heterocycles. The first kappa shape index (κ1) is 17.1. The Morgan fingerprint density at radius 1 is 1.43 bits per heavy atom. The van der Waals surface area contributed by atoms with E-state index in [1.54, 1.807) is 18.2 Å². The number of hydrogen-bond acceptors (Lipinski definition) is 4. The van der Waals surface area contributed by atoms with E-state index in [4.69, 9.17) is 5.26 Å². The average molecular weight is 309 g/mol. The number of benzene rings is 1. The molecule has 1 aromatic carbocycles. The van der Waals surface area contributed by atoms with Crippen molar-refractivity contribution in [3.8, 4) is 6.07 Å². The van der Waals surface area contributed by atoms with Gasteiger partial charge in [-0.2, -0.15) is 9.57 Å². The molecular formula is C14H19N3O3S. The standard InChI is InChI=1S/C14H19N3O3S/c1-3-4-8-17(21(2,19)20)11-14(18)16-13-7-5-6-12(9-13)10-15/h5-7,9H,3-4,8,11H2,1-2H3,(H,16,18). The summed E-state index contributed by atoms with van der Waals surface area (Å²) in [6, 6.07) is 8.44. The number of hydrogen-bond donors (Lipinski definition) is 1. The van der Waals surface area contributed by atoms with E-state index >= 15 is 0 Å². The van der Waals surface area contributed by atoms with Crippen molar-refractivity contribution < 1.29 is 13.2 Å². The molecule has 0 spiro atoms. The second kappa shape index (κ2) is 7.76. The van der Waals surface area contributed by atoms with Crippen molar-refractivity contribution in [3.05, 3.63) is 29.8 Å². The third-order valence-electron chi connectivity index (χ3n) is 2.83. The summed E-state index contributed by atoms with van der Waals surface area (Å²) in [5, 5.41) is 11.4. The van der Waals surface area contributed by atoms with Crippen LogP contribution in [0.2, 0.25) is 0 Å². The van der Waals surface area contributed by atoms with E-state index in [1.165, 1.54) is 6.07 Å². The molecule has 0 fully saturated rings. The molecule has 0 atom stereocenters. The molecule has 1 aromatic rings. The van der Waals surface area contributed by atoms with Gasteiger partial charge in [-0.1, -0.05) is 19.4 Å². The Bertz CT molecular complexity index is 635. The Morgan fingerprint density at radius 2 is 2.14 bits per heavy atom. The number of unbranched alkanes of at least 4 members (excludes halogenated alkanes) is 1. The molecule has 21 heavy (non-hydrogen) atoms.